The fraction of sp³-hybridized carbons (Fsp3) is 0.208. The van der Waals surface area contributed by atoms with Crippen LogP contribution in [-0.2, 0) is 0 Å². The number of rotatable bonds is 4. The first-order valence-electron chi connectivity index (χ1n) is 9.58. The minimum Gasteiger partial charge on any atom is -0.322 e. The minimum absolute atomic E-state index is 0.0796. The molecule has 27 heavy (non-hydrogen) atoms. The molecule has 0 unspecified atom stereocenters. The molecule has 0 saturated carbocycles. The van der Waals surface area contributed by atoms with Crippen LogP contribution < -0.4 is 10.6 Å². The molecule has 1 heterocycles. The average molecular weight is 356 g/mol. The summed E-state index contributed by atoms with van der Waals surface area (Å²) in [6, 6.07) is 26.1. The molecular formula is C24H24N2O. The van der Waals surface area contributed by atoms with Crippen LogP contribution in [0.5, 0.6) is 0 Å². The van der Waals surface area contributed by atoms with Crippen molar-refractivity contribution >= 4 is 11.6 Å². The molecule has 0 aromatic heterocycles. The normalized spacial score (nSPS) is 14.7. The predicted octanol–water partition coefficient (Wildman–Crippen LogP) is 5.07. The zero-order valence-corrected chi connectivity index (χ0v) is 15.3. The Morgan fingerprint density at radius 2 is 1.48 bits per heavy atom. The molecule has 0 radical (unpaired) electrons. The van der Waals surface area contributed by atoms with Crippen LogP contribution in [0.25, 0.3) is 11.1 Å². The van der Waals surface area contributed by atoms with E-state index in [1.807, 2.05) is 66.7 Å². The molecule has 3 nitrogen and oxygen atoms in total. The van der Waals surface area contributed by atoms with Gasteiger partial charge in [0.25, 0.3) is 5.91 Å². The molecule has 1 fully saturated rings. The van der Waals surface area contributed by atoms with Gasteiger partial charge in [-0.2, -0.15) is 0 Å². The summed E-state index contributed by atoms with van der Waals surface area (Å²) in [5.41, 5.74) is 4.87. The van der Waals surface area contributed by atoms with Crippen molar-refractivity contribution < 1.29 is 4.79 Å². The maximum Gasteiger partial charge on any atom is 0.256 e. The summed E-state index contributed by atoms with van der Waals surface area (Å²) in [5.74, 6) is 0.541. The smallest absolute Gasteiger partial charge is 0.256 e. The molecule has 3 aromatic carbocycles. The minimum atomic E-state index is -0.0796. The van der Waals surface area contributed by atoms with Gasteiger partial charge in [0.2, 0.25) is 0 Å². The maximum atomic E-state index is 12.9. The van der Waals surface area contributed by atoms with Gasteiger partial charge in [-0.25, -0.2) is 0 Å². The highest BCUT2D eigenvalue weighted by Crippen LogP contribution is 2.27. The Hall–Kier alpha value is -2.91. The lowest BCUT2D eigenvalue weighted by Crippen LogP contribution is -2.26. The molecule has 0 spiro atoms. The number of carbonyl (C=O) groups excluding carboxylic acids is 1. The van der Waals surface area contributed by atoms with E-state index >= 15 is 0 Å². The number of anilines is 1. The van der Waals surface area contributed by atoms with Crippen molar-refractivity contribution in [3.8, 4) is 11.1 Å². The number of benzene rings is 3. The summed E-state index contributed by atoms with van der Waals surface area (Å²) in [6.07, 6.45) is 2.35. The summed E-state index contributed by atoms with van der Waals surface area (Å²) in [6.45, 7) is 2.17. The lowest BCUT2D eigenvalue weighted by Gasteiger charge is -2.23. The maximum absolute atomic E-state index is 12.9. The lowest BCUT2D eigenvalue weighted by molar-refractivity contribution is 0.102. The van der Waals surface area contributed by atoms with E-state index in [9.17, 15) is 4.79 Å². The Morgan fingerprint density at radius 1 is 0.815 bits per heavy atom. The number of amides is 1. The van der Waals surface area contributed by atoms with Crippen molar-refractivity contribution in [1.82, 2.24) is 5.32 Å². The third-order valence-corrected chi connectivity index (χ3v) is 5.24. The van der Waals surface area contributed by atoms with Crippen LogP contribution in [0.1, 0.15) is 34.7 Å². The molecule has 3 heteroatoms. The second kappa shape index (κ2) is 8.19. The van der Waals surface area contributed by atoms with Gasteiger partial charge in [-0.1, -0.05) is 60.7 Å². The van der Waals surface area contributed by atoms with Gasteiger partial charge in [-0.3, -0.25) is 4.79 Å². The monoisotopic (exact) mass is 356 g/mol. The Bertz CT molecular complexity index is 897. The van der Waals surface area contributed by atoms with Crippen molar-refractivity contribution in [2.45, 2.75) is 18.8 Å². The summed E-state index contributed by atoms with van der Waals surface area (Å²) >= 11 is 0. The predicted molar refractivity (Wildman–Crippen MR) is 111 cm³/mol. The van der Waals surface area contributed by atoms with E-state index in [0.29, 0.717) is 11.5 Å². The molecule has 0 aliphatic carbocycles. The molecule has 0 bridgehead atoms. The molecule has 136 valence electrons. The van der Waals surface area contributed by atoms with Crippen LogP contribution in [-0.4, -0.2) is 19.0 Å². The Kier molecular flexibility index (Phi) is 5.31. The molecule has 4 rings (SSSR count). The van der Waals surface area contributed by atoms with Gasteiger partial charge in [-0.15, -0.1) is 0 Å². The van der Waals surface area contributed by atoms with E-state index in [0.717, 1.165) is 29.9 Å². The highest BCUT2D eigenvalue weighted by atomic mass is 16.1. The number of nitrogens with one attached hydrogen (secondary N) is 2. The van der Waals surface area contributed by atoms with Crippen molar-refractivity contribution in [3.05, 3.63) is 90.0 Å². The van der Waals surface area contributed by atoms with Crippen molar-refractivity contribution in [2.75, 3.05) is 18.4 Å². The number of hydrogen-bond acceptors (Lipinski definition) is 2. The van der Waals surface area contributed by atoms with E-state index in [1.165, 1.54) is 18.4 Å². The first kappa shape index (κ1) is 17.5. The Morgan fingerprint density at radius 3 is 2.22 bits per heavy atom. The van der Waals surface area contributed by atoms with Crippen molar-refractivity contribution in [3.63, 3.8) is 0 Å². The molecule has 2 N–H and O–H groups in total. The van der Waals surface area contributed by atoms with E-state index in [1.54, 1.807) is 0 Å². The van der Waals surface area contributed by atoms with Crippen LogP contribution in [0.2, 0.25) is 0 Å². The second-order valence-electron chi connectivity index (χ2n) is 7.01. The van der Waals surface area contributed by atoms with Crippen LogP contribution in [0, 0.1) is 0 Å². The largest absolute Gasteiger partial charge is 0.322 e. The van der Waals surface area contributed by atoms with Gasteiger partial charge < -0.3 is 10.6 Å². The zero-order chi connectivity index (χ0) is 18.5. The molecule has 1 aliphatic rings. The van der Waals surface area contributed by atoms with Crippen molar-refractivity contribution in [1.29, 1.82) is 0 Å². The number of hydrogen-bond donors (Lipinski definition) is 2. The molecule has 1 saturated heterocycles. The zero-order valence-electron chi connectivity index (χ0n) is 15.3. The van der Waals surface area contributed by atoms with E-state index in [4.69, 9.17) is 0 Å². The molecule has 0 atom stereocenters. The quantitative estimate of drug-likeness (QED) is 0.685. The van der Waals surface area contributed by atoms with Gasteiger partial charge >= 0.3 is 0 Å². The molecule has 1 aliphatic heterocycles. The van der Waals surface area contributed by atoms with Crippen LogP contribution >= 0.6 is 0 Å². The van der Waals surface area contributed by atoms with Gasteiger partial charge in [0.1, 0.15) is 0 Å². The number of piperidine rings is 1. The summed E-state index contributed by atoms with van der Waals surface area (Å²) in [7, 11) is 0. The van der Waals surface area contributed by atoms with Crippen LogP contribution in [0.15, 0.2) is 78.9 Å². The Labute approximate surface area is 160 Å². The third kappa shape index (κ3) is 4.09. The lowest BCUT2D eigenvalue weighted by atomic mass is 9.90. The standard InChI is InChI=1S/C24H24N2O/c27-24(23-9-5-4-8-22(23)20-6-2-1-3-7-20)26-21-12-10-18(11-13-21)19-14-16-25-17-15-19/h1-13,19,25H,14-17H2,(H,26,27). The third-order valence-electron chi connectivity index (χ3n) is 5.24. The molecule has 3 aromatic rings. The topological polar surface area (TPSA) is 41.1 Å². The van der Waals surface area contributed by atoms with Gasteiger partial charge in [-0.05, 0) is 66.7 Å². The van der Waals surface area contributed by atoms with Gasteiger partial charge in [0.15, 0.2) is 0 Å². The Balaban J connectivity index is 1.51. The first-order valence-corrected chi connectivity index (χ1v) is 9.58. The first-order chi connectivity index (χ1) is 13.3. The summed E-state index contributed by atoms with van der Waals surface area (Å²) in [4.78, 5) is 12.9. The average Bonchev–Trinajstić information content (AvgIpc) is 2.75. The molecule has 1 amide bonds. The second-order valence-corrected chi connectivity index (χ2v) is 7.01. The molecular weight excluding hydrogens is 332 g/mol. The fourth-order valence-corrected chi connectivity index (χ4v) is 3.74. The number of carbonyl (C=O) groups is 1. The van der Waals surface area contributed by atoms with E-state index in [2.05, 4.69) is 22.8 Å². The highest BCUT2D eigenvalue weighted by molar-refractivity contribution is 6.08. The van der Waals surface area contributed by atoms with Crippen molar-refractivity contribution in [2.24, 2.45) is 0 Å². The van der Waals surface area contributed by atoms with Crippen LogP contribution in [0.3, 0.4) is 0 Å². The van der Waals surface area contributed by atoms with Gasteiger partial charge in [0, 0.05) is 11.3 Å². The van der Waals surface area contributed by atoms with Crippen LogP contribution in [0.4, 0.5) is 5.69 Å². The van der Waals surface area contributed by atoms with Gasteiger partial charge in [0.05, 0.1) is 0 Å². The SMILES string of the molecule is O=C(Nc1ccc(C2CCNCC2)cc1)c1ccccc1-c1ccccc1. The van der Waals surface area contributed by atoms with E-state index in [-0.39, 0.29) is 5.91 Å². The van der Waals surface area contributed by atoms with E-state index < -0.39 is 0 Å². The summed E-state index contributed by atoms with van der Waals surface area (Å²) < 4.78 is 0. The fourth-order valence-electron chi connectivity index (χ4n) is 3.74. The summed E-state index contributed by atoms with van der Waals surface area (Å²) in [5, 5.41) is 6.45. The highest BCUT2D eigenvalue weighted by Gasteiger charge is 2.16.